The normalized spacial score (nSPS) is 14.9. The third kappa shape index (κ3) is 4.93. The van der Waals surface area contributed by atoms with E-state index in [2.05, 4.69) is 5.32 Å². The summed E-state index contributed by atoms with van der Waals surface area (Å²) in [6.07, 6.45) is 0.899. The van der Waals surface area contributed by atoms with E-state index < -0.39 is 4.92 Å². The van der Waals surface area contributed by atoms with Crippen molar-refractivity contribution in [3.05, 3.63) is 51.8 Å². The molecule has 0 saturated carbocycles. The lowest BCUT2D eigenvalue weighted by Gasteiger charge is -2.23. The second-order valence-corrected chi connectivity index (χ2v) is 6.64. The molecule has 27 heavy (non-hydrogen) atoms. The molecule has 2 heterocycles. The summed E-state index contributed by atoms with van der Waals surface area (Å²) in [6.45, 7) is 7.02. The number of nitro groups is 1. The first-order valence-electron chi connectivity index (χ1n) is 9.09. The van der Waals surface area contributed by atoms with Gasteiger partial charge in [0.25, 0.3) is 11.6 Å². The molecular formula is C19H24N3O5+. The minimum Gasteiger partial charge on any atom is -0.451 e. The van der Waals surface area contributed by atoms with Gasteiger partial charge in [-0.1, -0.05) is 0 Å². The van der Waals surface area contributed by atoms with Crippen molar-refractivity contribution in [3.63, 3.8) is 0 Å². The van der Waals surface area contributed by atoms with Gasteiger partial charge < -0.3 is 19.4 Å². The van der Waals surface area contributed by atoms with Gasteiger partial charge in [-0.05, 0) is 30.7 Å². The molecule has 1 amide bonds. The van der Waals surface area contributed by atoms with E-state index in [4.69, 9.17) is 9.15 Å². The molecule has 0 aliphatic carbocycles. The summed E-state index contributed by atoms with van der Waals surface area (Å²) in [7, 11) is 0. The van der Waals surface area contributed by atoms with Crippen molar-refractivity contribution < 1.29 is 23.8 Å². The van der Waals surface area contributed by atoms with Crippen molar-refractivity contribution in [1.29, 1.82) is 0 Å². The number of hydrogen-bond donors (Lipinski definition) is 2. The summed E-state index contributed by atoms with van der Waals surface area (Å²) < 4.78 is 11.0. The fourth-order valence-electron chi connectivity index (χ4n) is 3.18. The van der Waals surface area contributed by atoms with Crippen molar-refractivity contribution in [2.24, 2.45) is 0 Å². The number of hydrogen-bond acceptors (Lipinski definition) is 5. The number of nitrogens with zero attached hydrogens (tertiary/aromatic N) is 1. The van der Waals surface area contributed by atoms with Crippen LogP contribution >= 0.6 is 0 Å². The van der Waals surface area contributed by atoms with Crippen LogP contribution in [0.15, 0.2) is 34.7 Å². The SMILES string of the molecule is Cc1cc([N+](=O)[O-])ccc1-c1ccc(C(=O)NCCC[NH+]2CCOCC2)o1. The molecule has 8 heteroatoms. The zero-order chi connectivity index (χ0) is 19.2. The molecule has 1 fully saturated rings. The Balaban J connectivity index is 1.53. The molecule has 8 nitrogen and oxygen atoms in total. The number of carbonyl (C=O) groups is 1. The number of furan rings is 1. The fraction of sp³-hybridized carbons (Fsp3) is 0.421. The minimum absolute atomic E-state index is 0.0307. The van der Waals surface area contributed by atoms with Crippen LogP contribution < -0.4 is 10.2 Å². The number of nitro benzene ring substituents is 1. The van der Waals surface area contributed by atoms with E-state index in [1.807, 2.05) is 0 Å². The average Bonchev–Trinajstić information content (AvgIpc) is 3.15. The number of rotatable bonds is 7. The Kier molecular flexibility index (Phi) is 6.20. The summed E-state index contributed by atoms with van der Waals surface area (Å²) in [5.74, 6) is 0.504. The quantitative estimate of drug-likeness (QED) is 0.431. The van der Waals surface area contributed by atoms with E-state index in [-0.39, 0.29) is 17.4 Å². The van der Waals surface area contributed by atoms with Crippen LogP contribution in [-0.4, -0.2) is 50.2 Å². The molecule has 0 unspecified atom stereocenters. The standard InChI is InChI=1S/C19H23N3O5/c1-14-13-15(22(24)25)3-4-16(14)17-5-6-18(27-17)19(23)20-7-2-8-21-9-11-26-12-10-21/h3-6,13H,2,7-12H2,1H3,(H,20,23)/p+1. The molecule has 0 radical (unpaired) electrons. The van der Waals surface area contributed by atoms with E-state index in [1.54, 1.807) is 25.1 Å². The number of carbonyl (C=O) groups excluding carboxylic acids is 1. The first-order valence-corrected chi connectivity index (χ1v) is 9.09. The smallest absolute Gasteiger partial charge is 0.287 e. The van der Waals surface area contributed by atoms with E-state index in [1.165, 1.54) is 17.0 Å². The van der Waals surface area contributed by atoms with E-state index in [0.29, 0.717) is 12.3 Å². The minimum atomic E-state index is -0.434. The van der Waals surface area contributed by atoms with Crippen LogP contribution in [0.2, 0.25) is 0 Å². The van der Waals surface area contributed by atoms with Gasteiger partial charge in [0.15, 0.2) is 5.76 Å². The molecule has 0 bridgehead atoms. The molecule has 144 valence electrons. The molecule has 1 aliphatic rings. The molecule has 2 N–H and O–H groups in total. The molecular weight excluding hydrogens is 350 g/mol. The maximum atomic E-state index is 12.2. The number of aryl methyl sites for hydroxylation is 1. The maximum absolute atomic E-state index is 12.2. The first kappa shape index (κ1) is 19.1. The number of morpholine rings is 1. The molecule has 2 aromatic rings. The van der Waals surface area contributed by atoms with Crippen LogP contribution in [0.3, 0.4) is 0 Å². The van der Waals surface area contributed by atoms with Crippen molar-refractivity contribution in [1.82, 2.24) is 5.32 Å². The summed E-state index contributed by atoms with van der Waals surface area (Å²) >= 11 is 0. The summed E-state index contributed by atoms with van der Waals surface area (Å²) in [6, 6.07) is 7.89. The van der Waals surface area contributed by atoms with Gasteiger partial charge in [-0.25, -0.2) is 0 Å². The van der Waals surface area contributed by atoms with Crippen LogP contribution in [-0.2, 0) is 4.74 Å². The Morgan fingerprint density at radius 2 is 2.04 bits per heavy atom. The van der Waals surface area contributed by atoms with Gasteiger partial charge in [0.2, 0.25) is 0 Å². The Morgan fingerprint density at radius 3 is 2.74 bits per heavy atom. The summed E-state index contributed by atoms with van der Waals surface area (Å²) in [4.78, 5) is 24.2. The van der Waals surface area contributed by atoms with Crippen LogP contribution in [0, 0.1) is 17.0 Å². The Morgan fingerprint density at radius 1 is 1.26 bits per heavy atom. The Labute approximate surface area is 157 Å². The van der Waals surface area contributed by atoms with Crippen molar-refractivity contribution in [3.8, 4) is 11.3 Å². The molecule has 1 saturated heterocycles. The number of quaternary nitrogens is 1. The fourth-order valence-corrected chi connectivity index (χ4v) is 3.18. The molecule has 1 aromatic heterocycles. The zero-order valence-electron chi connectivity index (χ0n) is 15.3. The van der Waals surface area contributed by atoms with E-state index >= 15 is 0 Å². The maximum Gasteiger partial charge on any atom is 0.287 e. The van der Waals surface area contributed by atoms with E-state index in [0.717, 1.165) is 50.4 Å². The predicted molar refractivity (Wildman–Crippen MR) is 98.9 cm³/mol. The summed E-state index contributed by atoms with van der Waals surface area (Å²) in [5, 5.41) is 13.7. The molecule has 0 spiro atoms. The first-order chi connectivity index (χ1) is 13.0. The summed E-state index contributed by atoms with van der Waals surface area (Å²) in [5.41, 5.74) is 1.48. The highest BCUT2D eigenvalue weighted by Gasteiger charge is 2.16. The average molecular weight is 374 g/mol. The lowest BCUT2D eigenvalue weighted by atomic mass is 10.1. The number of amides is 1. The van der Waals surface area contributed by atoms with Crippen LogP contribution in [0.4, 0.5) is 5.69 Å². The van der Waals surface area contributed by atoms with Gasteiger partial charge >= 0.3 is 0 Å². The number of non-ortho nitro benzene ring substituents is 1. The Bertz CT molecular complexity index is 811. The highest BCUT2D eigenvalue weighted by molar-refractivity contribution is 5.92. The topological polar surface area (TPSA) is 99.0 Å². The third-order valence-electron chi connectivity index (χ3n) is 4.71. The number of nitrogens with one attached hydrogen (secondary N) is 2. The van der Waals surface area contributed by atoms with Gasteiger partial charge in [0, 0.05) is 30.7 Å². The Hall–Kier alpha value is -2.71. The highest BCUT2D eigenvalue weighted by atomic mass is 16.6. The number of ether oxygens (including phenoxy) is 1. The molecule has 3 rings (SSSR count). The van der Waals surface area contributed by atoms with Gasteiger partial charge in [0.05, 0.1) is 24.7 Å². The van der Waals surface area contributed by atoms with Gasteiger partial charge in [-0.2, -0.15) is 0 Å². The van der Waals surface area contributed by atoms with Gasteiger partial charge in [-0.3, -0.25) is 14.9 Å². The monoisotopic (exact) mass is 374 g/mol. The largest absolute Gasteiger partial charge is 0.451 e. The van der Waals surface area contributed by atoms with Gasteiger partial charge in [-0.15, -0.1) is 0 Å². The second kappa shape index (κ2) is 8.79. The van der Waals surface area contributed by atoms with Crippen molar-refractivity contribution >= 4 is 11.6 Å². The van der Waals surface area contributed by atoms with Gasteiger partial charge in [0.1, 0.15) is 18.8 Å². The molecule has 1 aromatic carbocycles. The second-order valence-electron chi connectivity index (χ2n) is 6.64. The molecule has 0 atom stereocenters. The van der Waals surface area contributed by atoms with Crippen LogP contribution in [0.5, 0.6) is 0 Å². The zero-order valence-corrected chi connectivity index (χ0v) is 15.3. The van der Waals surface area contributed by atoms with Crippen LogP contribution in [0.1, 0.15) is 22.5 Å². The third-order valence-corrected chi connectivity index (χ3v) is 4.71. The van der Waals surface area contributed by atoms with Crippen molar-refractivity contribution in [2.45, 2.75) is 13.3 Å². The number of benzene rings is 1. The highest BCUT2D eigenvalue weighted by Crippen LogP contribution is 2.28. The van der Waals surface area contributed by atoms with Crippen molar-refractivity contribution in [2.75, 3.05) is 39.4 Å². The lowest BCUT2D eigenvalue weighted by Crippen LogP contribution is -3.14. The van der Waals surface area contributed by atoms with Crippen LogP contribution in [0.25, 0.3) is 11.3 Å². The lowest BCUT2D eigenvalue weighted by molar-refractivity contribution is -0.908. The molecule has 1 aliphatic heterocycles. The van der Waals surface area contributed by atoms with E-state index in [9.17, 15) is 14.9 Å². The predicted octanol–water partition coefficient (Wildman–Crippen LogP) is 1.20.